The highest BCUT2D eigenvalue weighted by molar-refractivity contribution is 5.70. The van der Waals surface area contributed by atoms with Gasteiger partial charge in [-0.3, -0.25) is 0 Å². The molecule has 0 saturated carbocycles. The van der Waals surface area contributed by atoms with E-state index in [1.165, 1.54) is 6.07 Å². The molecule has 0 saturated heterocycles. The first-order valence-electron chi connectivity index (χ1n) is 9.50. The minimum absolute atomic E-state index is 0.0389. The zero-order chi connectivity index (χ0) is 21.3. The van der Waals surface area contributed by atoms with Gasteiger partial charge in [0.05, 0.1) is 18.2 Å². The zero-order valence-electron chi connectivity index (χ0n) is 17.2. The first-order chi connectivity index (χ1) is 13.5. The van der Waals surface area contributed by atoms with E-state index in [9.17, 15) is 13.9 Å². The predicted octanol–water partition coefficient (Wildman–Crippen LogP) is 3.97. The van der Waals surface area contributed by atoms with Gasteiger partial charge in [-0.25, -0.2) is 13.8 Å². The van der Waals surface area contributed by atoms with Crippen molar-refractivity contribution in [3.8, 4) is 5.75 Å². The molecule has 2 heterocycles. The Labute approximate surface area is 169 Å². The van der Waals surface area contributed by atoms with Gasteiger partial charge in [0, 0.05) is 23.9 Å². The number of nitrogens with one attached hydrogen (secondary N) is 1. The summed E-state index contributed by atoms with van der Waals surface area (Å²) in [6, 6.07) is 3.04. The molecule has 1 aromatic heterocycles. The molecule has 1 aliphatic heterocycles. The van der Waals surface area contributed by atoms with Gasteiger partial charge < -0.3 is 20.1 Å². The van der Waals surface area contributed by atoms with Gasteiger partial charge >= 0.3 is 0 Å². The molecule has 0 spiro atoms. The maximum Gasteiger partial charge on any atom is 0.224 e. The number of anilines is 2. The lowest BCUT2D eigenvalue weighted by Gasteiger charge is -2.33. The lowest BCUT2D eigenvalue weighted by molar-refractivity contribution is 0.0646. The van der Waals surface area contributed by atoms with E-state index in [0.717, 1.165) is 17.7 Å². The molecule has 29 heavy (non-hydrogen) atoms. The molecule has 0 bridgehead atoms. The van der Waals surface area contributed by atoms with E-state index in [4.69, 9.17) is 4.74 Å². The summed E-state index contributed by atoms with van der Waals surface area (Å²) >= 11 is 0. The smallest absolute Gasteiger partial charge is 0.224 e. The van der Waals surface area contributed by atoms with Crippen LogP contribution in [0.15, 0.2) is 30.2 Å². The summed E-state index contributed by atoms with van der Waals surface area (Å²) in [5.74, 6) is 0.173. The number of nitrogens with zero attached hydrogens (tertiary/aromatic N) is 3. The Morgan fingerprint density at radius 2 is 1.97 bits per heavy atom. The van der Waals surface area contributed by atoms with Crippen LogP contribution in [0.1, 0.15) is 40.2 Å². The second-order valence-corrected chi connectivity index (χ2v) is 8.00. The van der Waals surface area contributed by atoms with Gasteiger partial charge in [0.25, 0.3) is 0 Å². The summed E-state index contributed by atoms with van der Waals surface area (Å²) < 4.78 is 32.8. The Morgan fingerprint density at radius 3 is 2.59 bits per heavy atom. The molecule has 0 aliphatic carbocycles. The lowest BCUT2D eigenvalue weighted by Crippen LogP contribution is -2.40. The number of fused-ring (bicyclic) bond motifs is 1. The standard InChI is InChI=1S/C21H26F2N4O2/c1-12(2)27-11-16(29-18-7-6-15(22)9-17(18)23)8-14-10-24-20(26-19(14)27)25-13(3)21(4,5)28/h6-10,12-13,28H,11H2,1-5H3,(H,24,25,26)/t13-/m0/s1. The van der Waals surface area contributed by atoms with Crippen molar-refractivity contribution < 1.29 is 18.6 Å². The van der Waals surface area contributed by atoms with Crippen LogP contribution in [0.4, 0.5) is 20.5 Å². The highest BCUT2D eigenvalue weighted by Gasteiger charge is 2.27. The topological polar surface area (TPSA) is 70.5 Å². The third-order valence-electron chi connectivity index (χ3n) is 4.87. The average Bonchev–Trinajstić information content (AvgIpc) is 2.62. The van der Waals surface area contributed by atoms with Crippen LogP contribution in [0.2, 0.25) is 0 Å². The number of halogens is 2. The maximum absolute atomic E-state index is 14.0. The molecule has 0 radical (unpaired) electrons. The molecule has 2 N–H and O–H groups in total. The number of hydrogen-bond donors (Lipinski definition) is 2. The maximum atomic E-state index is 14.0. The van der Waals surface area contributed by atoms with Crippen LogP contribution in [-0.2, 0) is 0 Å². The summed E-state index contributed by atoms with van der Waals surface area (Å²) in [7, 11) is 0. The van der Waals surface area contributed by atoms with Crippen LogP contribution >= 0.6 is 0 Å². The molecule has 0 unspecified atom stereocenters. The molecule has 156 valence electrons. The van der Waals surface area contributed by atoms with Crippen molar-refractivity contribution in [2.75, 3.05) is 16.8 Å². The summed E-state index contributed by atoms with van der Waals surface area (Å²) in [6.07, 6.45) is 3.40. The first kappa shape index (κ1) is 21.0. The van der Waals surface area contributed by atoms with Crippen molar-refractivity contribution in [2.24, 2.45) is 0 Å². The third kappa shape index (κ3) is 4.82. The second-order valence-electron chi connectivity index (χ2n) is 8.00. The Balaban J connectivity index is 1.90. The molecule has 6 nitrogen and oxygen atoms in total. The number of rotatable bonds is 6. The van der Waals surface area contributed by atoms with E-state index in [-0.39, 0.29) is 17.8 Å². The van der Waals surface area contributed by atoms with Crippen LogP contribution in [0.5, 0.6) is 5.75 Å². The van der Waals surface area contributed by atoms with Crippen LogP contribution in [-0.4, -0.2) is 39.3 Å². The van der Waals surface area contributed by atoms with Gasteiger partial charge in [-0.15, -0.1) is 0 Å². The highest BCUT2D eigenvalue weighted by Crippen LogP contribution is 2.31. The van der Waals surface area contributed by atoms with E-state index in [1.54, 1.807) is 26.1 Å². The van der Waals surface area contributed by atoms with Crippen molar-refractivity contribution in [3.63, 3.8) is 0 Å². The normalized spacial score (nSPS) is 15.1. The van der Waals surface area contributed by atoms with E-state index in [0.29, 0.717) is 24.1 Å². The van der Waals surface area contributed by atoms with E-state index in [1.807, 2.05) is 25.7 Å². The number of hydrogen-bond acceptors (Lipinski definition) is 6. The fourth-order valence-electron chi connectivity index (χ4n) is 2.80. The van der Waals surface area contributed by atoms with Crippen molar-refractivity contribution in [1.29, 1.82) is 0 Å². The van der Waals surface area contributed by atoms with Gasteiger partial charge in [-0.2, -0.15) is 4.98 Å². The van der Waals surface area contributed by atoms with Crippen molar-refractivity contribution >= 4 is 17.8 Å². The van der Waals surface area contributed by atoms with Crippen LogP contribution < -0.4 is 15.0 Å². The number of aliphatic hydroxyl groups is 1. The fourth-order valence-corrected chi connectivity index (χ4v) is 2.80. The van der Waals surface area contributed by atoms with E-state index < -0.39 is 17.2 Å². The molecule has 1 aromatic carbocycles. The van der Waals surface area contributed by atoms with Gasteiger partial charge in [-0.05, 0) is 52.8 Å². The Hall–Kier alpha value is -2.74. The Bertz CT molecular complexity index is 925. The van der Waals surface area contributed by atoms with E-state index >= 15 is 0 Å². The van der Waals surface area contributed by atoms with Gasteiger partial charge in [0.15, 0.2) is 11.6 Å². The number of benzene rings is 1. The van der Waals surface area contributed by atoms with Crippen molar-refractivity contribution in [3.05, 3.63) is 47.4 Å². The fraction of sp³-hybridized carbons (Fsp3) is 0.429. The molecule has 0 fully saturated rings. The summed E-state index contributed by atoms with van der Waals surface area (Å²) in [5, 5.41) is 13.3. The lowest BCUT2D eigenvalue weighted by atomic mass is 10.0. The molecular formula is C21H26F2N4O2. The van der Waals surface area contributed by atoms with Gasteiger partial charge in [0.2, 0.25) is 5.95 Å². The number of ether oxygens (including phenoxy) is 1. The van der Waals surface area contributed by atoms with Crippen LogP contribution in [0.3, 0.4) is 0 Å². The molecule has 2 aromatic rings. The van der Waals surface area contributed by atoms with Crippen LogP contribution in [0, 0.1) is 11.6 Å². The molecule has 3 rings (SSSR count). The SMILES string of the molecule is CC(C)N1CC(Oc2ccc(F)cc2F)=Cc2cnc(N[C@@H](C)C(C)(C)O)nc21. The summed E-state index contributed by atoms with van der Waals surface area (Å²) in [6.45, 7) is 9.68. The summed E-state index contributed by atoms with van der Waals surface area (Å²) in [5.41, 5.74) is -0.208. The minimum atomic E-state index is -0.933. The first-order valence-corrected chi connectivity index (χ1v) is 9.50. The van der Waals surface area contributed by atoms with Crippen molar-refractivity contribution in [1.82, 2.24) is 9.97 Å². The van der Waals surface area contributed by atoms with Gasteiger partial charge in [-0.1, -0.05) is 0 Å². The van der Waals surface area contributed by atoms with Gasteiger partial charge in [0.1, 0.15) is 17.4 Å². The Morgan fingerprint density at radius 1 is 1.24 bits per heavy atom. The molecule has 1 atom stereocenters. The minimum Gasteiger partial charge on any atom is -0.457 e. The second kappa shape index (κ2) is 7.94. The largest absolute Gasteiger partial charge is 0.457 e. The molecule has 0 amide bonds. The molecular weight excluding hydrogens is 378 g/mol. The summed E-state index contributed by atoms with van der Waals surface area (Å²) in [4.78, 5) is 10.9. The predicted molar refractivity (Wildman–Crippen MR) is 109 cm³/mol. The quantitative estimate of drug-likeness (QED) is 0.759. The average molecular weight is 404 g/mol. The molecule has 1 aliphatic rings. The molecule has 8 heteroatoms. The monoisotopic (exact) mass is 404 g/mol. The Kier molecular flexibility index (Phi) is 5.75. The highest BCUT2D eigenvalue weighted by atomic mass is 19.1. The number of aromatic nitrogens is 2. The third-order valence-corrected chi connectivity index (χ3v) is 4.87. The zero-order valence-corrected chi connectivity index (χ0v) is 17.2. The van der Waals surface area contributed by atoms with Crippen LogP contribution in [0.25, 0.3) is 6.08 Å². The van der Waals surface area contributed by atoms with Crippen molar-refractivity contribution in [2.45, 2.75) is 52.3 Å². The van der Waals surface area contributed by atoms with E-state index in [2.05, 4.69) is 15.3 Å².